The Labute approximate surface area is 181 Å². The number of thioether (sulfide) groups is 1. The Bertz CT molecular complexity index is 1140. The number of aliphatic hydroxyl groups excluding tert-OH is 1. The minimum Gasteiger partial charge on any atom is -0.506 e. The third-order valence-electron chi connectivity index (χ3n) is 4.17. The van der Waals surface area contributed by atoms with Gasteiger partial charge in [-0.15, -0.1) is 0 Å². The van der Waals surface area contributed by atoms with Crippen molar-refractivity contribution in [3.8, 4) is 11.5 Å². The lowest BCUT2D eigenvalue weighted by Gasteiger charge is -2.06. The minimum absolute atomic E-state index is 0.102. The predicted molar refractivity (Wildman–Crippen MR) is 117 cm³/mol. The number of ether oxygens (including phenoxy) is 2. The van der Waals surface area contributed by atoms with E-state index >= 15 is 0 Å². The SMILES string of the molecule is CCOC(=O)C1=C(O)/C(=C\c2ccc([N+](=O)[O-])c(O)c2)SC1=Nc1ccccc1OC. The quantitative estimate of drug-likeness (QED) is 0.380. The maximum absolute atomic E-state index is 12.5. The second-order valence-electron chi connectivity index (χ2n) is 6.15. The van der Waals surface area contributed by atoms with Gasteiger partial charge in [0.25, 0.3) is 0 Å². The first kappa shape index (κ1) is 21.9. The highest BCUT2D eigenvalue weighted by Crippen LogP contribution is 2.42. The summed E-state index contributed by atoms with van der Waals surface area (Å²) in [6.07, 6.45) is 1.48. The topological polar surface area (TPSA) is 131 Å². The largest absolute Gasteiger partial charge is 0.506 e. The number of nitrogens with zero attached hydrogens (tertiary/aromatic N) is 2. The summed E-state index contributed by atoms with van der Waals surface area (Å²) in [7, 11) is 1.49. The number of methoxy groups -OCH3 is 1. The summed E-state index contributed by atoms with van der Waals surface area (Å²) in [4.78, 5) is 27.4. The van der Waals surface area contributed by atoms with Crippen LogP contribution in [0.25, 0.3) is 6.08 Å². The van der Waals surface area contributed by atoms with Gasteiger partial charge < -0.3 is 19.7 Å². The fourth-order valence-corrected chi connectivity index (χ4v) is 3.79. The standard InChI is InChI=1S/C21H18N2O7S/c1-3-30-21(26)18-19(25)17(11-12-8-9-14(23(27)28)15(24)10-12)31-20(18)22-13-6-4-5-7-16(13)29-2/h4-11,24-25H,3H2,1-2H3/b17-11+,22-20?. The summed E-state index contributed by atoms with van der Waals surface area (Å²) in [5.41, 5.74) is 0.303. The zero-order chi connectivity index (χ0) is 22.5. The van der Waals surface area contributed by atoms with Crippen LogP contribution in [0.1, 0.15) is 12.5 Å². The molecule has 10 heteroatoms. The van der Waals surface area contributed by atoms with Gasteiger partial charge in [0.15, 0.2) is 5.75 Å². The molecule has 1 aliphatic rings. The van der Waals surface area contributed by atoms with E-state index in [0.717, 1.165) is 17.8 Å². The lowest BCUT2D eigenvalue weighted by atomic mass is 10.1. The van der Waals surface area contributed by atoms with Gasteiger partial charge in [0, 0.05) is 6.07 Å². The number of aliphatic hydroxyl groups is 1. The van der Waals surface area contributed by atoms with Crippen LogP contribution >= 0.6 is 11.8 Å². The number of aliphatic imine (C=N–C) groups is 1. The minimum atomic E-state index is -0.740. The molecule has 2 aromatic rings. The van der Waals surface area contributed by atoms with Gasteiger partial charge in [-0.1, -0.05) is 23.9 Å². The van der Waals surface area contributed by atoms with E-state index in [1.165, 1.54) is 25.3 Å². The molecule has 0 spiro atoms. The van der Waals surface area contributed by atoms with Crippen molar-refractivity contribution in [2.24, 2.45) is 4.99 Å². The number of carbonyl (C=O) groups excluding carboxylic acids is 1. The molecule has 0 aliphatic carbocycles. The molecule has 160 valence electrons. The van der Waals surface area contributed by atoms with Crippen LogP contribution in [0, 0.1) is 10.1 Å². The normalized spacial score (nSPS) is 16.1. The van der Waals surface area contributed by atoms with Crippen molar-refractivity contribution in [1.82, 2.24) is 0 Å². The van der Waals surface area contributed by atoms with Crippen molar-refractivity contribution in [3.63, 3.8) is 0 Å². The number of nitro groups is 1. The number of para-hydroxylation sites is 2. The number of rotatable bonds is 6. The van der Waals surface area contributed by atoms with Crippen LogP contribution in [0.5, 0.6) is 11.5 Å². The highest BCUT2D eigenvalue weighted by molar-refractivity contribution is 8.18. The van der Waals surface area contributed by atoms with E-state index < -0.39 is 22.3 Å². The molecule has 0 amide bonds. The number of benzene rings is 2. The highest BCUT2D eigenvalue weighted by Gasteiger charge is 2.33. The summed E-state index contributed by atoms with van der Waals surface area (Å²) >= 11 is 1.02. The predicted octanol–water partition coefficient (Wildman–Crippen LogP) is 4.50. The van der Waals surface area contributed by atoms with Crippen LogP contribution < -0.4 is 4.74 Å². The highest BCUT2D eigenvalue weighted by atomic mass is 32.2. The third kappa shape index (κ3) is 4.69. The zero-order valence-electron chi connectivity index (χ0n) is 16.6. The molecule has 3 rings (SSSR count). The number of carbonyl (C=O) groups is 1. The fraction of sp³-hybridized carbons (Fsp3) is 0.143. The molecule has 0 saturated carbocycles. The van der Waals surface area contributed by atoms with Gasteiger partial charge in [0.1, 0.15) is 27.8 Å². The van der Waals surface area contributed by atoms with Gasteiger partial charge in [-0.2, -0.15) is 0 Å². The van der Waals surface area contributed by atoms with Gasteiger partial charge in [-0.05, 0) is 42.8 Å². The molecule has 1 heterocycles. The number of phenolic OH excluding ortho intramolecular Hbond substituents is 1. The van der Waals surface area contributed by atoms with E-state index in [-0.39, 0.29) is 27.9 Å². The second kappa shape index (κ2) is 9.35. The molecule has 2 N–H and O–H groups in total. The Morgan fingerprint density at radius 1 is 1.26 bits per heavy atom. The van der Waals surface area contributed by atoms with Gasteiger partial charge in [0.05, 0.1) is 23.5 Å². The summed E-state index contributed by atoms with van der Waals surface area (Å²) in [6, 6.07) is 10.7. The molecule has 0 atom stereocenters. The molecule has 0 radical (unpaired) electrons. The number of hydrogen-bond donors (Lipinski definition) is 2. The summed E-state index contributed by atoms with van der Waals surface area (Å²) < 4.78 is 10.3. The van der Waals surface area contributed by atoms with E-state index in [2.05, 4.69) is 4.99 Å². The van der Waals surface area contributed by atoms with Crippen molar-refractivity contribution in [1.29, 1.82) is 0 Å². The maximum atomic E-state index is 12.5. The molecule has 31 heavy (non-hydrogen) atoms. The van der Waals surface area contributed by atoms with Gasteiger partial charge >= 0.3 is 11.7 Å². The first-order valence-electron chi connectivity index (χ1n) is 9.05. The monoisotopic (exact) mass is 442 g/mol. The van der Waals surface area contributed by atoms with E-state index in [0.29, 0.717) is 17.0 Å². The van der Waals surface area contributed by atoms with Gasteiger partial charge in [0.2, 0.25) is 0 Å². The fourth-order valence-electron chi connectivity index (χ4n) is 2.76. The average molecular weight is 442 g/mol. The summed E-state index contributed by atoms with van der Waals surface area (Å²) in [5.74, 6) is -1.11. The number of aromatic hydroxyl groups is 1. The van der Waals surface area contributed by atoms with E-state index in [1.54, 1.807) is 31.2 Å². The molecule has 0 fully saturated rings. The molecule has 0 unspecified atom stereocenters. The van der Waals surface area contributed by atoms with E-state index in [1.807, 2.05) is 0 Å². The molecular formula is C21H18N2O7S. The van der Waals surface area contributed by atoms with E-state index in [4.69, 9.17) is 9.47 Å². The number of nitro benzene ring substituents is 1. The zero-order valence-corrected chi connectivity index (χ0v) is 17.4. The molecular weight excluding hydrogens is 424 g/mol. The Balaban J connectivity index is 2.07. The molecule has 2 aromatic carbocycles. The average Bonchev–Trinajstić information content (AvgIpc) is 3.03. The Hall–Kier alpha value is -3.79. The smallest absolute Gasteiger partial charge is 0.344 e. The van der Waals surface area contributed by atoms with Crippen LogP contribution in [0.15, 0.2) is 63.7 Å². The molecule has 0 aromatic heterocycles. The van der Waals surface area contributed by atoms with Crippen molar-refractivity contribution in [2.75, 3.05) is 13.7 Å². The van der Waals surface area contributed by atoms with Crippen LogP contribution in [-0.4, -0.2) is 39.9 Å². The lowest BCUT2D eigenvalue weighted by molar-refractivity contribution is -0.385. The number of hydrogen-bond acceptors (Lipinski definition) is 9. The number of phenols is 1. The summed E-state index contributed by atoms with van der Waals surface area (Å²) in [6.45, 7) is 1.75. The third-order valence-corrected chi connectivity index (χ3v) is 5.19. The van der Waals surface area contributed by atoms with E-state index in [9.17, 15) is 25.1 Å². The van der Waals surface area contributed by atoms with Crippen LogP contribution in [0.2, 0.25) is 0 Å². The first-order valence-corrected chi connectivity index (χ1v) is 9.87. The van der Waals surface area contributed by atoms with Crippen molar-refractivity contribution in [2.45, 2.75) is 6.92 Å². The maximum Gasteiger partial charge on any atom is 0.344 e. The lowest BCUT2D eigenvalue weighted by Crippen LogP contribution is -2.12. The van der Waals surface area contributed by atoms with Gasteiger partial charge in [-0.3, -0.25) is 10.1 Å². The molecule has 9 nitrogen and oxygen atoms in total. The van der Waals surface area contributed by atoms with Crippen LogP contribution in [0.3, 0.4) is 0 Å². The Morgan fingerprint density at radius 3 is 2.65 bits per heavy atom. The van der Waals surface area contributed by atoms with Crippen LogP contribution in [-0.2, 0) is 9.53 Å². The van der Waals surface area contributed by atoms with Gasteiger partial charge in [-0.25, -0.2) is 9.79 Å². The second-order valence-corrected chi connectivity index (χ2v) is 7.18. The van der Waals surface area contributed by atoms with Crippen molar-refractivity contribution in [3.05, 3.63) is 74.4 Å². The Kier molecular flexibility index (Phi) is 6.61. The number of esters is 1. The molecule has 1 aliphatic heterocycles. The van der Waals surface area contributed by atoms with Crippen LogP contribution in [0.4, 0.5) is 11.4 Å². The first-order chi connectivity index (χ1) is 14.8. The Morgan fingerprint density at radius 2 is 2.00 bits per heavy atom. The molecule has 0 bridgehead atoms. The summed E-state index contributed by atoms with van der Waals surface area (Å²) in [5, 5.41) is 31.6. The molecule has 0 saturated heterocycles. The van der Waals surface area contributed by atoms with Crippen molar-refractivity contribution >= 4 is 40.2 Å². The van der Waals surface area contributed by atoms with Crippen molar-refractivity contribution < 1.29 is 29.4 Å².